The molecule has 2 N–H and O–H groups in total. The number of hydrogen-bond donors (Lipinski definition) is 2. The zero-order chi connectivity index (χ0) is 23.4. The van der Waals surface area contributed by atoms with E-state index in [-0.39, 0.29) is 5.91 Å². The van der Waals surface area contributed by atoms with Gasteiger partial charge in [-0.05, 0) is 29.7 Å². The maximum Gasteiger partial charge on any atom is 0.258 e. The highest BCUT2D eigenvalue weighted by atomic mass is 16.5. The fourth-order valence-corrected chi connectivity index (χ4v) is 3.45. The molecule has 0 fully saturated rings. The molecular weight excluding hydrogens is 416 g/mol. The Bertz CT molecular complexity index is 1400. The number of pyridine rings is 1. The van der Waals surface area contributed by atoms with E-state index in [0.717, 1.165) is 22.0 Å². The molecule has 1 amide bonds. The minimum absolute atomic E-state index is 0.243. The van der Waals surface area contributed by atoms with Crippen LogP contribution in [0.1, 0.15) is 10.4 Å². The molecule has 0 bridgehead atoms. The number of methoxy groups -OCH3 is 1. The van der Waals surface area contributed by atoms with Gasteiger partial charge in [0.1, 0.15) is 5.75 Å². The Kier molecular flexibility index (Phi) is 6.04. The summed E-state index contributed by atoms with van der Waals surface area (Å²) in [5.41, 5.74) is 3.87. The summed E-state index contributed by atoms with van der Waals surface area (Å²) in [6, 6.07) is 15.4. The molecule has 0 atom stereocenters. The Morgan fingerprint density at radius 1 is 1.24 bits per heavy atom. The predicted octanol–water partition coefficient (Wildman–Crippen LogP) is 4.39. The average Bonchev–Trinajstić information content (AvgIpc) is 3.28. The molecule has 0 saturated carbocycles. The first-order chi connectivity index (χ1) is 16.0. The van der Waals surface area contributed by atoms with E-state index in [2.05, 4.69) is 27.3 Å². The van der Waals surface area contributed by atoms with Gasteiger partial charge in [0.25, 0.3) is 5.91 Å². The summed E-state index contributed by atoms with van der Waals surface area (Å²) in [5, 5.41) is 21.1. The number of ether oxygens (including phenoxy) is 1. The molecule has 0 saturated heterocycles. The second-order valence-corrected chi connectivity index (χ2v) is 7.43. The molecule has 0 radical (unpaired) electrons. The highest BCUT2D eigenvalue weighted by Gasteiger charge is 2.12. The number of anilines is 2. The molecule has 4 aromatic rings. The van der Waals surface area contributed by atoms with E-state index in [4.69, 9.17) is 10.00 Å². The van der Waals surface area contributed by atoms with Crippen LogP contribution in [0.2, 0.25) is 0 Å². The summed E-state index contributed by atoms with van der Waals surface area (Å²) in [6.45, 7) is 4.04. The van der Waals surface area contributed by atoms with Crippen molar-refractivity contribution >= 4 is 28.1 Å². The molecule has 0 aliphatic heterocycles. The molecule has 2 heterocycles. The highest BCUT2D eigenvalue weighted by Crippen LogP contribution is 2.36. The standard InChI is InChI=1S/C25H22N6O2/c1-16(12-26)13-28-24-21-10-18(5-4-17(21)6-7-23(24)33-3)22-11-20(8-9-27-22)30-25(32)19-14-29-31(2)15-19/h4-11,14-15,28H,1,13H2,2-3H3,(H,27,30,32). The number of nitrogens with zero attached hydrogens (tertiary/aromatic N) is 4. The van der Waals surface area contributed by atoms with E-state index < -0.39 is 0 Å². The number of nitrogens with one attached hydrogen (secondary N) is 2. The third-order valence-electron chi connectivity index (χ3n) is 5.12. The lowest BCUT2D eigenvalue weighted by Crippen LogP contribution is -2.11. The van der Waals surface area contributed by atoms with Crippen LogP contribution in [0.15, 0.2) is 73.2 Å². The van der Waals surface area contributed by atoms with Crippen molar-refractivity contribution in [3.8, 4) is 23.1 Å². The number of fused-ring (bicyclic) bond motifs is 1. The molecule has 0 unspecified atom stereocenters. The topological polar surface area (TPSA) is 105 Å². The Morgan fingerprint density at radius 3 is 2.79 bits per heavy atom. The Balaban J connectivity index is 1.68. The van der Waals surface area contributed by atoms with Crippen LogP contribution in [0.5, 0.6) is 5.75 Å². The van der Waals surface area contributed by atoms with Gasteiger partial charge in [-0.1, -0.05) is 24.8 Å². The van der Waals surface area contributed by atoms with Crippen molar-refractivity contribution in [2.45, 2.75) is 0 Å². The van der Waals surface area contributed by atoms with Crippen LogP contribution in [-0.4, -0.2) is 34.3 Å². The minimum Gasteiger partial charge on any atom is -0.495 e. The number of aromatic nitrogens is 3. The summed E-state index contributed by atoms with van der Waals surface area (Å²) in [4.78, 5) is 17.0. The van der Waals surface area contributed by atoms with Gasteiger partial charge >= 0.3 is 0 Å². The molecule has 164 valence electrons. The van der Waals surface area contributed by atoms with Gasteiger partial charge in [-0.25, -0.2) is 0 Å². The van der Waals surface area contributed by atoms with Crippen molar-refractivity contribution in [3.05, 3.63) is 78.8 Å². The second-order valence-electron chi connectivity index (χ2n) is 7.43. The molecule has 8 nitrogen and oxygen atoms in total. The first-order valence-electron chi connectivity index (χ1n) is 10.2. The molecular formula is C25H22N6O2. The van der Waals surface area contributed by atoms with E-state index in [9.17, 15) is 4.79 Å². The number of aryl methyl sites for hydroxylation is 1. The first kappa shape index (κ1) is 21.6. The van der Waals surface area contributed by atoms with Crippen molar-refractivity contribution < 1.29 is 9.53 Å². The number of rotatable bonds is 7. The Hall–Kier alpha value is -4.64. The van der Waals surface area contributed by atoms with Crippen molar-refractivity contribution in [2.24, 2.45) is 7.05 Å². The predicted molar refractivity (Wildman–Crippen MR) is 128 cm³/mol. The van der Waals surface area contributed by atoms with Crippen LogP contribution in [0.4, 0.5) is 11.4 Å². The Morgan fingerprint density at radius 2 is 2.06 bits per heavy atom. The van der Waals surface area contributed by atoms with Gasteiger partial charge in [0.2, 0.25) is 0 Å². The highest BCUT2D eigenvalue weighted by molar-refractivity contribution is 6.04. The number of hydrogen-bond acceptors (Lipinski definition) is 6. The fraction of sp³-hybridized carbons (Fsp3) is 0.120. The second kappa shape index (κ2) is 9.24. The molecule has 2 aromatic heterocycles. The first-order valence-corrected chi connectivity index (χ1v) is 10.2. The van der Waals surface area contributed by atoms with Crippen LogP contribution >= 0.6 is 0 Å². The molecule has 0 aliphatic carbocycles. The zero-order valence-electron chi connectivity index (χ0n) is 18.3. The SMILES string of the molecule is C=C(C#N)CNc1c(OC)ccc2ccc(-c3cc(NC(=O)c4cnn(C)c4)ccn3)cc12. The fourth-order valence-electron chi connectivity index (χ4n) is 3.45. The van der Waals surface area contributed by atoms with Crippen molar-refractivity contribution in [1.82, 2.24) is 14.8 Å². The number of carbonyl (C=O) groups is 1. The molecule has 0 aliphatic rings. The van der Waals surface area contributed by atoms with E-state index in [1.165, 1.54) is 6.20 Å². The number of carbonyl (C=O) groups excluding carboxylic acids is 1. The third kappa shape index (κ3) is 4.67. The van der Waals surface area contributed by atoms with Crippen molar-refractivity contribution in [1.29, 1.82) is 5.26 Å². The summed E-state index contributed by atoms with van der Waals surface area (Å²) in [7, 11) is 3.36. The number of nitriles is 1. The van der Waals surface area contributed by atoms with E-state index in [1.807, 2.05) is 42.5 Å². The number of amides is 1. The van der Waals surface area contributed by atoms with Gasteiger partial charge in [-0.2, -0.15) is 10.4 Å². The largest absolute Gasteiger partial charge is 0.495 e. The molecule has 2 aromatic carbocycles. The smallest absolute Gasteiger partial charge is 0.258 e. The summed E-state index contributed by atoms with van der Waals surface area (Å²) >= 11 is 0. The van der Waals surface area contributed by atoms with Gasteiger partial charge in [-0.15, -0.1) is 0 Å². The molecule has 33 heavy (non-hydrogen) atoms. The van der Waals surface area contributed by atoms with E-state index in [1.54, 1.807) is 37.3 Å². The number of benzene rings is 2. The summed E-state index contributed by atoms with van der Waals surface area (Å²) in [6.07, 6.45) is 4.83. The van der Waals surface area contributed by atoms with Gasteiger partial charge in [0.15, 0.2) is 0 Å². The van der Waals surface area contributed by atoms with Gasteiger partial charge in [0.05, 0.1) is 36.3 Å². The quantitative estimate of drug-likeness (QED) is 0.415. The van der Waals surface area contributed by atoms with Crippen molar-refractivity contribution in [3.63, 3.8) is 0 Å². The maximum absolute atomic E-state index is 12.5. The van der Waals surface area contributed by atoms with Gasteiger partial charge < -0.3 is 15.4 Å². The monoisotopic (exact) mass is 438 g/mol. The van der Waals surface area contributed by atoms with Crippen LogP contribution in [-0.2, 0) is 7.05 Å². The van der Waals surface area contributed by atoms with Crippen molar-refractivity contribution in [2.75, 3.05) is 24.3 Å². The zero-order valence-corrected chi connectivity index (χ0v) is 18.3. The lowest BCUT2D eigenvalue weighted by Gasteiger charge is -2.15. The summed E-state index contributed by atoms with van der Waals surface area (Å²) < 4.78 is 7.10. The maximum atomic E-state index is 12.5. The van der Waals surface area contributed by atoms with Gasteiger partial charge in [-0.3, -0.25) is 14.5 Å². The van der Waals surface area contributed by atoms with Gasteiger partial charge in [0, 0.05) is 48.2 Å². The van der Waals surface area contributed by atoms with Crippen LogP contribution < -0.4 is 15.4 Å². The lowest BCUT2D eigenvalue weighted by atomic mass is 10.0. The van der Waals surface area contributed by atoms with Crippen LogP contribution in [0, 0.1) is 11.3 Å². The van der Waals surface area contributed by atoms with E-state index >= 15 is 0 Å². The van der Waals surface area contributed by atoms with Crippen LogP contribution in [0.3, 0.4) is 0 Å². The Labute approximate surface area is 191 Å². The normalized spacial score (nSPS) is 10.5. The molecule has 4 rings (SSSR count). The van der Waals surface area contributed by atoms with E-state index in [0.29, 0.717) is 34.8 Å². The lowest BCUT2D eigenvalue weighted by molar-refractivity contribution is 0.102. The molecule has 8 heteroatoms. The van der Waals surface area contributed by atoms with Crippen LogP contribution in [0.25, 0.3) is 22.0 Å². The molecule has 0 spiro atoms. The minimum atomic E-state index is -0.243. The third-order valence-corrected chi connectivity index (χ3v) is 5.12. The average molecular weight is 438 g/mol. The summed E-state index contributed by atoms with van der Waals surface area (Å²) in [5.74, 6) is 0.420.